The number of carbonyl (C=O) groups excluding carboxylic acids is 3. The van der Waals surface area contributed by atoms with E-state index in [1.807, 2.05) is 0 Å². The fraction of sp³-hybridized carbons (Fsp3) is 0.217. The van der Waals surface area contributed by atoms with Crippen LogP contribution in [0.2, 0.25) is 0 Å². The minimum absolute atomic E-state index is 0.0218. The number of carboxylic acid groups (broad SMARTS) is 1. The highest BCUT2D eigenvalue weighted by Gasteiger charge is 2.31. The van der Waals surface area contributed by atoms with Crippen LogP contribution in [0.1, 0.15) is 23.7 Å². The van der Waals surface area contributed by atoms with Gasteiger partial charge in [-0.15, -0.1) is 0 Å². The predicted molar refractivity (Wildman–Crippen MR) is 115 cm³/mol. The molecular weight excluding hydrogens is 416 g/mol. The summed E-state index contributed by atoms with van der Waals surface area (Å²) in [6, 6.07) is 2.80. The SMILES string of the molecule is CC1C(=O)NC2=CC(=O)C=C(C2=O)C(Nc2cc(O)ccc2C(=O)O)CC=CC=CC1O. The fourth-order valence-corrected chi connectivity index (χ4v) is 3.30. The van der Waals surface area contributed by atoms with Crippen molar-refractivity contribution in [1.29, 1.82) is 0 Å². The molecule has 2 aliphatic rings. The molecule has 0 saturated carbocycles. The van der Waals surface area contributed by atoms with Crippen LogP contribution in [0, 0.1) is 5.92 Å². The zero-order chi connectivity index (χ0) is 23.4. The van der Waals surface area contributed by atoms with Crippen molar-refractivity contribution in [2.45, 2.75) is 25.5 Å². The Morgan fingerprint density at radius 1 is 1.16 bits per heavy atom. The molecule has 9 heteroatoms. The van der Waals surface area contributed by atoms with Gasteiger partial charge in [-0.3, -0.25) is 14.4 Å². The van der Waals surface area contributed by atoms with Crippen LogP contribution >= 0.6 is 0 Å². The Balaban J connectivity index is 2.04. The van der Waals surface area contributed by atoms with Gasteiger partial charge in [-0.2, -0.15) is 0 Å². The van der Waals surface area contributed by atoms with E-state index in [2.05, 4.69) is 10.6 Å². The van der Waals surface area contributed by atoms with Gasteiger partial charge >= 0.3 is 5.97 Å². The topological polar surface area (TPSA) is 153 Å². The summed E-state index contributed by atoms with van der Waals surface area (Å²) < 4.78 is 0. The monoisotopic (exact) mass is 438 g/mol. The maximum atomic E-state index is 13.1. The molecule has 9 nitrogen and oxygen atoms in total. The lowest BCUT2D eigenvalue weighted by atomic mass is 9.91. The number of aliphatic hydroxyl groups excluding tert-OH is 1. The number of anilines is 1. The highest BCUT2D eigenvalue weighted by Crippen LogP contribution is 2.27. The van der Waals surface area contributed by atoms with E-state index in [4.69, 9.17) is 0 Å². The number of fused-ring (bicyclic) bond motifs is 2. The number of nitrogens with one attached hydrogen (secondary N) is 2. The highest BCUT2D eigenvalue weighted by molar-refractivity contribution is 6.21. The van der Waals surface area contributed by atoms with Gasteiger partial charge in [-0.05, 0) is 24.6 Å². The lowest BCUT2D eigenvalue weighted by molar-refractivity contribution is -0.127. The zero-order valence-electron chi connectivity index (χ0n) is 17.1. The maximum Gasteiger partial charge on any atom is 0.337 e. The lowest BCUT2D eigenvalue weighted by Crippen LogP contribution is -2.40. The van der Waals surface area contributed by atoms with Crippen molar-refractivity contribution in [2.24, 2.45) is 5.92 Å². The first-order valence-corrected chi connectivity index (χ1v) is 9.84. The number of rotatable bonds is 3. The van der Waals surface area contributed by atoms with E-state index in [0.29, 0.717) is 0 Å². The number of phenolic OH excluding ortho intramolecular Hbond substituents is 1. The molecule has 0 spiro atoms. The molecule has 0 aromatic heterocycles. The van der Waals surface area contributed by atoms with Gasteiger partial charge < -0.3 is 26.0 Å². The van der Waals surface area contributed by atoms with E-state index < -0.39 is 41.5 Å². The smallest absolute Gasteiger partial charge is 0.337 e. The first-order chi connectivity index (χ1) is 15.2. The second-order valence-electron chi connectivity index (χ2n) is 7.44. The number of aromatic hydroxyl groups is 1. The second-order valence-corrected chi connectivity index (χ2v) is 7.44. The van der Waals surface area contributed by atoms with Crippen LogP contribution in [0.3, 0.4) is 0 Å². The van der Waals surface area contributed by atoms with Crippen molar-refractivity contribution >= 4 is 29.1 Å². The summed E-state index contributed by atoms with van der Waals surface area (Å²) >= 11 is 0. The fourth-order valence-electron chi connectivity index (χ4n) is 3.30. The number of amides is 1. The van der Waals surface area contributed by atoms with Crippen LogP contribution < -0.4 is 10.6 Å². The van der Waals surface area contributed by atoms with E-state index in [1.165, 1.54) is 31.2 Å². The number of benzene rings is 1. The summed E-state index contributed by atoms with van der Waals surface area (Å²) in [5.74, 6) is -4.08. The molecule has 3 unspecified atom stereocenters. The van der Waals surface area contributed by atoms with E-state index in [0.717, 1.165) is 12.2 Å². The molecule has 1 aromatic carbocycles. The van der Waals surface area contributed by atoms with Crippen molar-refractivity contribution in [3.05, 3.63) is 71.5 Å². The Labute approximate surface area is 183 Å². The van der Waals surface area contributed by atoms with E-state index in [1.54, 1.807) is 18.2 Å². The quantitative estimate of drug-likeness (QED) is 0.445. The van der Waals surface area contributed by atoms with Crippen molar-refractivity contribution < 1.29 is 34.5 Å². The van der Waals surface area contributed by atoms with Gasteiger partial charge in [0.25, 0.3) is 0 Å². The van der Waals surface area contributed by atoms with Gasteiger partial charge in [0.15, 0.2) is 5.78 Å². The maximum absolute atomic E-state index is 13.1. The van der Waals surface area contributed by atoms with E-state index in [9.17, 15) is 34.5 Å². The minimum Gasteiger partial charge on any atom is -0.508 e. The summed E-state index contributed by atoms with van der Waals surface area (Å²) in [7, 11) is 0. The van der Waals surface area contributed by atoms with Crippen molar-refractivity contribution in [3.63, 3.8) is 0 Å². The van der Waals surface area contributed by atoms with Crippen LogP contribution in [0.25, 0.3) is 0 Å². The third kappa shape index (κ3) is 5.01. The first kappa shape index (κ1) is 22.7. The number of aromatic carboxylic acids is 1. The summed E-state index contributed by atoms with van der Waals surface area (Å²) in [4.78, 5) is 49.4. The number of hydrogen-bond acceptors (Lipinski definition) is 7. The largest absolute Gasteiger partial charge is 0.508 e. The molecular formula is C23H22N2O7. The van der Waals surface area contributed by atoms with Crippen molar-refractivity contribution in [2.75, 3.05) is 5.32 Å². The molecule has 3 atom stereocenters. The number of carbonyl (C=O) groups is 4. The van der Waals surface area contributed by atoms with Crippen molar-refractivity contribution in [1.82, 2.24) is 5.32 Å². The highest BCUT2D eigenvalue weighted by atomic mass is 16.4. The van der Waals surface area contributed by atoms with Gasteiger partial charge in [-0.25, -0.2) is 4.79 Å². The summed E-state index contributed by atoms with van der Waals surface area (Å²) in [5.41, 5.74) is -0.287. The number of allylic oxidation sites excluding steroid dienone is 5. The average molecular weight is 438 g/mol. The van der Waals surface area contributed by atoms with Crippen LogP contribution in [-0.2, 0) is 14.4 Å². The number of Topliss-reactive ketones (excluding diaryl/α,β-unsaturated/α-hetero) is 1. The van der Waals surface area contributed by atoms with Gasteiger partial charge in [0, 0.05) is 17.7 Å². The Hall–Kier alpha value is -3.98. The Bertz CT molecular complexity index is 1100. The lowest BCUT2D eigenvalue weighted by Gasteiger charge is -2.25. The van der Waals surface area contributed by atoms with Gasteiger partial charge in [-0.1, -0.05) is 31.2 Å². The number of aliphatic hydroxyl groups is 1. The molecule has 1 heterocycles. The average Bonchev–Trinajstić information content (AvgIpc) is 2.73. The number of hydrogen-bond donors (Lipinski definition) is 5. The summed E-state index contributed by atoms with van der Waals surface area (Å²) in [5, 5.41) is 34.7. The molecule has 1 aliphatic heterocycles. The number of carboxylic acids is 1. The van der Waals surface area contributed by atoms with Gasteiger partial charge in [0.1, 0.15) is 5.75 Å². The molecule has 1 aliphatic carbocycles. The van der Waals surface area contributed by atoms with Crippen LogP contribution in [0.15, 0.2) is 65.9 Å². The minimum atomic E-state index is -1.24. The summed E-state index contributed by atoms with van der Waals surface area (Å²) in [6.07, 6.45) is 7.43. The van der Waals surface area contributed by atoms with Crippen LogP contribution in [0.4, 0.5) is 5.69 Å². The Kier molecular flexibility index (Phi) is 6.70. The molecule has 2 bridgehead atoms. The Morgan fingerprint density at radius 3 is 2.62 bits per heavy atom. The van der Waals surface area contributed by atoms with E-state index >= 15 is 0 Å². The molecule has 0 saturated heterocycles. The number of phenols is 1. The molecule has 166 valence electrons. The van der Waals surface area contributed by atoms with Crippen LogP contribution in [0.5, 0.6) is 5.75 Å². The Morgan fingerprint density at radius 2 is 1.91 bits per heavy atom. The molecule has 1 aromatic rings. The van der Waals surface area contributed by atoms with Crippen molar-refractivity contribution in [3.8, 4) is 5.75 Å². The van der Waals surface area contributed by atoms with Gasteiger partial charge in [0.2, 0.25) is 11.7 Å². The standard InChI is InChI=1S/C23H22N2O7/c1-12-20(28)6-4-2-3-5-17(24-18-10-13(26)7-8-15(18)23(31)32)16-9-14(27)11-19(21(16)29)25-22(12)30/h2-4,6-12,17,20,24,26,28H,5H2,1H3,(H,25,30)(H,31,32). The molecule has 3 rings (SSSR count). The normalized spacial score (nSPS) is 23.8. The first-order valence-electron chi connectivity index (χ1n) is 9.84. The molecule has 5 N–H and O–H groups in total. The summed E-state index contributed by atoms with van der Waals surface area (Å²) in [6.45, 7) is 1.49. The third-order valence-electron chi connectivity index (χ3n) is 5.14. The molecule has 0 fully saturated rings. The van der Waals surface area contributed by atoms with Crippen LogP contribution in [-0.4, -0.2) is 50.9 Å². The number of ketones is 2. The van der Waals surface area contributed by atoms with E-state index in [-0.39, 0.29) is 34.7 Å². The molecule has 1 amide bonds. The molecule has 32 heavy (non-hydrogen) atoms. The molecule has 0 radical (unpaired) electrons. The predicted octanol–water partition coefficient (Wildman–Crippen LogP) is 1.46. The second kappa shape index (κ2) is 9.44. The third-order valence-corrected chi connectivity index (χ3v) is 5.14. The van der Waals surface area contributed by atoms with Gasteiger partial charge in [0.05, 0.1) is 35.0 Å². The zero-order valence-corrected chi connectivity index (χ0v) is 17.1.